The van der Waals surface area contributed by atoms with Crippen molar-refractivity contribution < 1.29 is 30.3 Å². The first-order valence-corrected chi connectivity index (χ1v) is 14.1. The molecule has 0 radical (unpaired) electrons. The third kappa shape index (κ3) is 2.80. The number of aliphatic hydroxyl groups is 4. The highest BCUT2D eigenvalue weighted by Gasteiger charge is 2.73. The van der Waals surface area contributed by atoms with Gasteiger partial charge in [0.15, 0.2) is 0 Å². The first-order valence-electron chi connectivity index (χ1n) is 14.1. The smallest absolute Gasteiger partial charge is 0.310 e. The molecule has 0 aliphatic heterocycles. The Morgan fingerprint density at radius 2 is 1.53 bits per heavy atom. The SMILES string of the molecule is C[C@@H]1CC[C@]2(C(=O)O)CC[C@]3(C)C(=CC[C@@H]4[C@@]5(C)[C@H](O)[C@H](O)[C@H](O)C(C)(C)[C@H]5CC[C@]43C)[C@H]2[C@]1(C)O. The topological polar surface area (TPSA) is 118 Å². The maximum Gasteiger partial charge on any atom is 0.310 e. The van der Waals surface area contributed by atoms with Crippen molar-refractivity contribution in [1.29, 1.82) is 0 Å². The van der Waals surface area contributed by atoms with Crippen LogP contribution in [0.1, 0.15) is 93.4 Å². The molecule has 5 aliphatic carbocycles. The lowest BCUT2D eigenvalue weighted by molar-refractivity contribution is -0.279. The minimum atomic E-state index is -1.20. The number of fused-ring (bicyclic) bond motifs is 7. The molecular weight excluding hydrogens is 456 g/mol. The molecule has 0 aromatic carbocycles. The van der Waals surface area contributed by atoms with E-state index in [4.69, 9.17) is 0 Å². The summed E-state index contributed by atoms with van der Waals surface area (Å²) < 4.78 is 0. The lowest BCUT2D eigenvalue weighted by Gasteiger charge is -2.72. The van der Waals surface area contributed by atoms with Crippen LogP contribution in [0.2, 0.25) is 0 Å². The molecule has 0 bridgehead atoms. The number of aliphatic hydroxyl groups excluding tert-OH is 3. The minimum absolute atomic E-state index is 0.00890. The molecule has 0 unspecified atom stereocenters. The van der Waals surface area contributed by atoms with Crippen LogP contribution < -0.4 is 0 Å². The lowest BCUT2D eigenvalue weighted by Crippen LogP contribution is -2.72. The average molecular weight is 505 g/mol. The van der Waals surface area contributed by atoms with Gasteiger partial charge in [0.25, 0.3) is 0 Å². The minimum Gasteiger partial charge on any atom is -0.481 e. The zero-order valence-corrected chi connectivity index (χ0v) is 23.2. The van der Waals surface area contributed by atoms with Gasteiger partial charge in [-0.15, -0.1) is 0 Å². The predicted octanol–water partition coefficient (Wildman–Crippen LogP) is 4.15. The van der Waals surface area contributed by atoms with Gasteiger partial charge in [0, 0.05) is 11.3 Å². The van der Waals surface area contributed by atoms with Crippen molar-refractivity contribution in [3.63, 3.8) is 0 Å². The summed E-state index contributed by atoms with van der Waals surface area (Å²) in [5.74, 6) is -1.10. The van der Waals surface area contributed by atoms with Gasteiger partial charge >= 0.3 is 5.97 Å². The Hall–Kier alpha value is -0.950. The molecule has 5 rings (SSSR count). The van der Waals surface area contributed by atoms with Gasteiger partial charge in [-0.3, -0.25) is 4.79 Å². The molecule has 0 aromatic rings. The van der Waals surface area contributed by atoms with Gasteiger partial charge in [-0.1, -0.05) is 53.2 Å². The summed E-state index contributed by atoms with van der Waals surface area (Å²) in [6.45, 7) is 14.7. The van der Waals surface area contributed by atoms with E-state index in [1.165, 1.54) is 0 Å². The van der Waals surface area contributed by atoms with Crippen molar-refractivity contribution in [2.45, 2.75) is 117 Å². The first-order chi connectivity index (χ1) is 16.4. The molecule has 0 spiro atoms. The van der Waals surface area contributed by atoms with Crippen molar-refractivity contribution in [3.8, 4) is 0 Å². The molecule has 0 heterocycles. The van der Waals surface area contributed by atoms with Crippen LogP contribution >= 0.6 is 0 Å². The average Bonchev–Trinajstić information content (AvgIpc) is 2.79. The number of allylic oxidation sites excluding steroid dienone is 1. The van der Waals surface area contributed by atoms with E-state index in [0.717, 1.165) is 24.8 Å². The van der Waals surface area contributed by atoms with Gasteiger partial charge in [0.05, 0.1) is 23.2 Å². The Morgan fingerprint density at radius 1 is 0.889 bits per heavy atom. The molecule has 0 aromatic heterocycles. The quantitative estimate of drug-likeness (QED) is 0.343. The fourth-order valence-corrected chi connectivity index (χ4v) is 10.9. The normalized spacial score (nSPS) is 58.0. The molecule has 36 heavy (non-hydrogen) atoms. The molecule has 6 heteroatoms. The van der Waals surface area contributed by atoms with Crippen LogP contribution in [-0.2, 0) is 4.79 Å². The van der Waals surface area contributed by atoms with Crippen molar-refractivity contribution in [2.75, 3.05) is 0 Å². The van der Waals surface area contributed by atoms with Crippen molar-refractivity contribution in [2.24, 2.45) is 50.7 Å². The molecule has 12 atom stereocenters. The highest BCUT2D eigenvalue weighted by atomic mass is 16.4. The third-order valence-corrected chi connectivity index (χ3v) is 13.6. The van der Waals surface area contributed by atoms with Gasteiger partial charge < -0.3 is 25.5 Å². The zero-order valence-electron chi connectivity index (χ0n) is 23.2. The standard InChI is InChI=1S/C30H48O6/c1-16-10-13-30(24(34)35)15-14-26(4)17(21(30)29(16,7)36)8-9-19-27(26,5)12-11-18-25(2,3)22(32)20(31)23(33)28(18,19)6/h8,16,18-23,31-33,36H,9-15H2,1-7H3,(H,34,35)/t16-,18-,19+,20-,21+,22+,23-,26-,27-,28+,29-,30+/m1/s1. The number of aliphatic carboxylic acids is 1. The molecule has 5 aliphatic rings. The Labute approximate surface area is 216 Å². The second-order valence-electron chi connectivity index (χ2n) is 14.9. The zero-order chi connectivity index (χ0) is 26.9. The monoisotopic (exact) mass is 504 g/mol. The van der Waals surface area contributed by atoms with Crippen LogP contribution in [0, 0.1) is 50.7 Å². The molecule has 0 amide bonds. The van der Waals surface area contributed by atoms with Crippen LogP contribution in [0.3, 0.4) is 0 Å². The maximum atomic E-state index is 12.8. The van der Waals surface area contributed by atoms with Crippen molar-refractivity contribution in [1.82, 2.24) is 0 Å². The van der Waals surface area contributed by atoms with Crippen LogP contribution in [0.4, 0.5) is 0 Å². The summed E-state index contributed by atoms with van der Waals surface area (Å²) in [6.07, 6.45) is 4.02. The van der Waals surface area contributed by atoms with E-state index >= 15 is 0 Å². The Balaban J connectivity index is 1.67. The Kier molecular flexibility index (Phi) is 5.61. The Bertz CT molecular complexity index is 986. The third-order valence-electron chi connectivity index (χ3n) is 13.6. The predicted molar refractivity (Wildman–Crippen MR) is 137 cm³/mol. The molecular formula is C30H48O6. The van der Waals surface area contributed by atoms with Gasteiger partial charge in [-0.05, 0) is 85.9 Å². The summed E-state index contributed by atoms with van der Waals surface area (Å²) in [6, 6.07) is 0. The van der Waals surface area contributed by atoms with Gasteiger partial charge in [0.2, 0.25) is 0 Å². The van der Waals surface area contributed by atoms with Crippen LogP contribution in [0.25, 0.3) is 0 Å². The second kappa shape index (κ2) is 7.58. The van der Waals surface area contributed by atoms with Crippen LogP contribution in [-0.4, -0.2) is 55.4 Å². The summed E-state index contributed by atoms with van der Waals surface area (Å²) in [5.41, 5.74) is -2.63. The van der Waals surface area contributed by atoms with Gasteiger partial charge in [-0.25, -0.2) is 0 Å². The number of carbonyl (C=O) groups is 1. The molecule has 0 saturated heterocycles. The van der Waals surface area contributed by atoms with E-state index in [2.05, 4.69) is 26.8 Å². The number of carboxylic acids is 1. The molecule has 6 nitrogen and oxygen atoms in total. The van der Waals surface area contributed by atoms with Crippen LogP contribution in [0.5, 0.6) is 0 Å². The summed E-state index contributed by atoms with van der Waals surface area (Å²) in [4.78, 5) is 12.8. The maximum absolute atomic E-state index is 12.8. The van der Waals surface area contributed by atoms with E-state index in [9.17, 15) is 30.3 Å². The van der Waals surface area contributed by atoms with E-state index in [0.29, 0.717) is 25.7 Å². The first kappa shape index (κ1) is 26.6. The molecule has 4 fully saturated rings. The lowest BCUT2D eigenvalue weighted by atomic mass is 9.32. The van der Waals surface area contributed by atoms with Gasteiger partial charge in [0.1, 0.15) is 6.10 Å². The number of hydrogen-bond acceptors (Lipinski definition) is 5. The highest BCUT2D eigenvalue weighted by Crippen LogP contribution is 2.76. The Morgan fingerprint density at radius 3 is 2.14 bits per heavy atom. The van der Waals surface area contributed by atoms with E-state index in [-0.39, 0.29) is 28.6 Å². The fraction of sp³-hybridized carbons (Fsp3) is 0.900. The van der Waals surface area contributed by atoms with E-state index < -0.39 is 52.0 Å². The summed E-state index contributed by atoms with van der Waals surface area (Å²) in [7, 11) is 0. The summed E-state index contributed by atoms with van der Waals surface area (Å²) in [5, 5.41) is 55.9. The van der Waals surface area contributed by atoms with Crippen molar-refractivity contribution >= 4 is 5.97 Å². The molecule has 5 N–H and O–H groups in total. The van der Waals surface area contributed by atoms with E-state index in [1.807, 2.05) is 27.7 Å². The number of rotatable bonds is 1. The second-order valence-corrected chi connectivity index (χ2v) is 14.9. The summed E-state index contributed by atoms with van der Waals surface area (Å²) >= 11 is 0. The fourth-order valence-electron chi connectivity index (χ4n) is 10.9. The van der Waals surface area contributed by atoms with E-state index in [1.54, 1.807) is 0 Å². The number of carboxylic acid groups (broad SMARTS) is 1. The highest BCUT2D eigenvalue weighted by molar-refractivity contribution is 5.77. The van der Waals surface area contributed by atoms with Crippen LogP contribution in [0.15, 0.2) is 11.6 Å². The van der Waals surface area contributed by atoms with Gasteiger partial charge in [-0.2, -0.15) is 0 Å². The molecule has 4 saturated carbocycles. The molecule has 204 valence electrons. The van der Waals surface area contributed by atoms with Crippen molar-refractivity contribution in [3.05, 3.63) is 11.6 Å². The largest absolute Gasteiger partial charge is 0.481 e. The number of hydrogen-bond donors (Lipinski definition) is 5.